The molecule has 1 amide bonds. The van der Waals surface area contributed by atoms with E-state index in [2.05, 4.69) is 5.32 Å². The van der Waals surface area contributed by atoms with Crippen LogP contribution in [0.4, 0.5) is 11.4 Å². The van der Waals surface area contributed by atoms with E-state index in [4.69, 9.17) is 4.74 Å². The molecule has 8 heteroatoms. The van der Waals surface area contributed by atoms with Gasteiger partial charge in [-0.1, -0.05) is 24.3 Å². The maximum absolute atomic E-state index is 12.6. The number of hydrogen-bond donors (Lipinski definition) is 1. The number of carbonyl (C=O) groups is 1. The van der Waals surface area contributed by atoms with Gasteiger partial charge in [0.2, 0.25) is 0 Å². The zero-order chi connectivity index (χ0) is 21.0. The number of pyridine rings is 1. The van der Waals surface area contributed by atoms with Gasteiger partial charge in [0.15, 0.2) is 5.75 Å². The van der Waals surface area contributed by atoms with Gasteiger partial charge in [-0.2, -0.15) is 0 Å². The van der Waals surface area contributed by atoms with Crippen LogP contribution < -0.4 is 15.6 Å². The second-order valence-electron chi connectivity index (χ2n) is 6.41. The van der Waals surface area contributed by atoms with Gasteiger partial charge in [-0.3, -0.25) is 19.7 Å². The highest BCUT2D eigenvalue weighted by atomic mass is 16.6. The number of methoxy groups -OCH3 is 1. The van der Waals surface area contributed by atoms with Crippen molar-refractivity contribution in [3.63, 3.8) is 0 Å². The number of anilines is 1. The maximum Gasteiger partial charge on any atom is 0.312 e. The molecule has 1 aromatic heterocycles. The van der Waals surface area contributed by atoms with Crippen LogP contribution in [0.1, 0.15) is 21.5 Å². The molecule has 3 rings (SSSR count). The Morgan fingerprint density at radius 3 is 2.62 bits per heavy atom. The summed E-state index contributed by atoms with van der Waals surface area (Å²) in [7, 11) is 1.33. The number of amides is 1. The molecule has 3 aromatic rings. The summed E-state index contributed by atoms with van der Waals surface area (Å²) >= 11 is 0. The number of benzene rings is 2. The van der Waals surface area contributed by atoms with E-state index in [0.717, 1.165) is 11.1 Å². The number of carbonyl (C=O) groups excluding carboxylic acids is 1. The quantitative estimate of drug-likeness (QED) is 0.511. The number of nitro groups is 1. The average Bonchev–Trinajstić information content (AvgIpc) is 2.71. The topological polar surface area (TPSA) is 103 Å². The molecule has 0 saturated heterocycles. The molecule has 148 valence electrons. The molecule has 29 heavy (non-hydrogen) atoms. The van der Waals surface area contributed by atoms with Crippen LogP contribution in [0.25, 0.3) is 0 Å². The fourth-order valence-corrected chi connectivity index (χ4v) is 2.87. The third-order valence-corrected chi connectivity index (χ3v) is 4.48. The Morgan fingerprint density at radius 1 is 1.17 bits per heavy atom. The van der Waals surface area contributed by atoms with E-state index in [1.54, 1.807) is 0 Å². The first kappa shape index (κ1) is 19.8. The lowest BCUT2D eigenvalue weighted by Gasteiger charge is -2.11. The molecule has 1 N–H and O–H groups in total. The van der Waals surface area contributed by atoms with Crippen molar-refractivity contribution in [1.29, 1.82) is 0 Å². The third kappa shape index (κ3) is 4.49. The average molecular weight is 393 g/mol. The minimum atomic E-state index is -0.586. The fourth-order valence-electron chi connectivity index (χ4n) is 2.87. The number of ether oxygens (including phenoxy) is 1. The van der Waals surface area contributed by atoms with Gasteiger partial charge in [-0.15, -0.1) is 0 Å². The van der Waals surface area contributed by atoms with Crippen LogP contribution in [-0.2, 0) is 6.54 Å². The first-order valence-corrected chi connectivity index (χ1v) is 8.78. The zero-order valence-electron chi connectivity index (χ0n) is 15.9. The highest BCUT2D eigenvalue weighted by Gasteiger charge is 2.17. The molecular formula is C21H19N3O5. The largest absolute Gasteiger partial charge is 0.490 e. The second-order valence-corrected chi connectivity index (χ2v) is 6.41. The summed E-state index contributed by atoms with van der Waals surface area (Å²) in [4.78, 5) is 35.4. The number of aryl methyl sites for hydroxylation is 1. The van der Waals surface area contributed by atoms with Gasteiger partial charge in [-0.25, -0.2) is 0 Å². The Bertz CT molecular complexity index is 1140. The Balaban J connectivity index is 1.85. The lowest BCUT2D eigenvalue weighted by atomic mass is 10.1. The highest BCUT2D eigenvalue weighted by Crippen LogP contribution is 2.29. The molecule has 0 aliphatic carbocycles. The van der Waals surface area contributed by atoms with Gasteiger partial charge in [0.05, 0.1) is 24.1 Å². The van der Waals surface area contributed by atoms with Crippen molar-refractivity contribution in [2.75, 3.05) is 12.4 Å². The van der Waals surface area contributed by atoms with Crippen LogP contribution in [0.2, 0.25) is 0 Å². The number of aromatic nitrogens is 1. The van der Waals surface area contributed by atoms with Crippen LogP contribution in [0.5, 0.6) is 5.75 Å². The predicted molar refractivity (Wildman–Crippen MR) is 109 cm³/mol. The normalized spacial score (nSPS) is 10.4. The Morgan fingerprint density at radius 2 is 1.93 bits per heavy atom. The van der Waals surface area contributed by atoms with Crippen molar-refractivity contribution >= 4 is 17.3 Å². The van der Waals surface area contributed by atoms with Crippen molar-refractivity contribution in [2.24, 2.45) is 0 Å². The van der Waals surface area contributed by atoms with E-state index in [0.29, 0.717) is 6.54 Å². The Labute approximate surface area is 166 Å². The molecule has 0 radical (unpaired) electrons. The number of nitrogens with zero attached hydrogens (tertiary/aromatic N) is 2. The van der Waals surface area contributed by atoms with Crippen molar-refractivity contribution in [2.45, 2.75) is 13.5 Å². The van der Waals surface area contributed by atoms with Crippen LogP contribution in [0.3, 0.4) is 0 Å². The Hall–Kier alpha value is -3.94. The second kappa shape index (κ2) is 8.39. The van der Waals surface area contributed by atoms with Gasteiger partial charge < -0.3 is 14.6 Å². The molecule has 1 heterocycles. The number of nitrogens with one attached hydrogen (secondary N) is 1. The molecule has 0 saturated carbocycles. The molecule has 0 unspecified atom stereocenters. The van der Waals surface area contributed by atoms with E-state index in [-0.39, 0.29) is 28.2 Å². The van der Waals surface area contributed by atoms with Crippen LogP contribution >= 0.6 is 0 Å². The van der Waals surface area contributed by atoms with Crippen LogP contribution in [0.15, 0.2) is 65.6 Å². The molecule has 0 fully saturated rings. The molecule has 2 aromatic carbocycles. The fraction of sp³-hybridized carbons (Fsp3) is 0.143. The summed E-state index contributed by atoms with van der Waals surface area (Å²) in [6.45, 7) is 2.29. The van der Waals surface area contributed by atoms with Crippen molar-refractivity contribution in [1.82, 2.24) is 4.57 Å². The van der Waals surface area contributed by atoms with E-state index in [1.807, 2.05) is 31.2 Å². The molecule has 0 bridgehead atoms. The lowest BCUT2D eigenvalue weighted by Crippen LogP contribution is -2.22. The first-order chi connectivity index (χ1) is 13.9. The third-order valence-electron chi connectivity index (χ3n) is 4.48. The monoisotopic (exact) mass is 393 g/mol. The van der Waals surface area contributed by atoms with E-state index < -0.39 is 10.8 Å². The first-order valence-electron chi connectivity index (χ1n) is 8.78. The summed E-state index contributed by atoms with van der Waals surface area (Å²) in [5.74, 6) is -0.386. The van der Waals surface area contributed by atoms with Crippen LogP contribution in [0, 0.1) is 17.0 Å². The molecule has 0 aliphatic rings. The highest BCUT2D eigenvalue weighted by molar-refractivity contribution is 6.04. The van der Waals surface area contributed by atoms with Gasteiger partial charge in [-0.05, 0) is 36.2 Å². The summed E-state index contributed by atoms with van der Waals surface area (Å²) in [5.41, 5.74) is 2.04. The number of nitro benzene ring substituents is 1. The van der Waals surface area contributed by atoms with Crippen molar-refractivity contribution in [3.05, 3.63) is 98.0 Å². The van der Waals surface area contributed by atoms with Crippen LogP contribution in [-0.4, -0.2) is 22.5 Å². The SMILES string of the molecule is COc1ccc(NC(=O)c2ccc(=O)n(Cc3ccccc3C)c2)cc1[N+](=O)[O-]. The smallest absolute Gasteiger partial charge is 0.312 e. The van der Waals surface area contributed by atoms with Crippen molar-refractivity contribution in [3.8, 4) is 5.75 Å². The minimum absolute atomic E-state index is 0.0970. The van der Waals surface area contributed by atoms with Gasteiger partial charge in [0.25, 0.3) is 11.5 Å². The molecule has 0 atom stereocenters. The van der Waals surface area contributed by atoms with E-state index >= 15 is 0 Å². The number of rotatable bonds is 6. The van der Waals surface area contributed by atoms with Gasteiger partial charge in [0, 0.05) is 24.0 Å². The predicted octanol–water partition coefficient (Wildman–Crippen LogP) is 3.37. The molecule has 8 nitrogen and oxygen atoms in total. The summed E-state index contributed by atoms with van der Waals surface area (Å²) in [6, 6.07) is 14.6. The van der Waals surface area contributed by atoms with Gasteiger partial charge in [0.1, 0.15) is 0 Å². The van der Waals surface area contributed by atoms with Gasteiger partial charge >= 0.3 is 5.69 Å². The Kier molecular flexibility index (Phi) is 5.73. The van der Waals surface area contributed by atoms with E-state index in [1.165, 1.54) is 48.2 Å². The zero-order valence-corrected chi connectivity index (χ0v) is 15.9. The molecular weight excluding hydrogens is 374 g/mol. The molecule has 0 spiro atoms. The minimum Gasteiger partial charge on any atom is -0.490 e. The van der Waals surface area contributed by atoms with Crippen molar-refractivity contribution < 1.29 is 14.5 Å². The summed E-state index contributed by atoms with van der Waals surface area (Å²) < 4.78 is 6.41. The summed E-state index contributed by atoms with van der Waals surface area (Å²) in [5, 5.41) is 13.8. The van der Waals surface area contributed by atoms with E-state index in [9.17, 15) is 19.7 Å². The number of hydrogen-bond acceptors (Lipinski definition) is 5. The molecule has 0 aliphatic heterocycles. The lowest BCUT2D eigenvalue weighted by molar-refractivity contribution is -0.385. The maximum atomic E-state index is 12.6. The summed E-state index contributed by atoms with van der Waals surface area (Å²) in [6.07, 6.45) is 1.47. The standard InChI is InChI=1S/C21H19N3O5/c1-14-5-3-4-6-15(14)12-23-13-16(7-10-20(23)25)21(26)22-17-8-9-19(29-2)18(11-17)24(27)28/h3-11,13H,12H2,1-2H3,(H,22,26).